The van der Waals surface area contributed by atoms with Crippen LogP contribution < -0.4 is 10.1 Å². The summed E-state index contributed by atoms with van der Waals surface area (Å²) >= 11 is 1.40. The van der Waals surface area contributed by atoms with E-state index in [1.165, 1.54) is 18.4 Å². The molecule has 0 atom stereocenters. The number of hydrogen-bond acceptors (Lipinski definition) is 5. The molecule has 0 spiro atoms. The summed E-state index contributed by atoms with van der Waals surface area (Å²) in [6.07, 6.45) is 0.680. The third-order valence-electron chi connectivity index (χ3n) is 4.42. The van der Waals surface area contributed by atoms with Crippen LogP contribution in [0.15, 0.2) is 54.6 Å². The molecule has 5 nitrogen and oxygen atoms in total. The minimum Gasteiger partial charge on any atom is -0.497 e. The van der Waals surface area contributed by atoms with Gasteiger partial charge in [-0.15, -0.1) is 11.3 Å². The van der Waals surface area contributed by atoms with Gasteiger partial charge < -0.3 is 14.8 Å². The molecule has 0 bridgehead atoms. The molecule has 0 fully saturated rings. The first-order chi connectivity index (χ1) is 13.5. The summed E-state index contributed by atoms with van der Waals surface area (Å²) in [4.78, 5) is 26.0. The Balaban J connectivity index is 1.90. The van der Waals surface area contributed by atoms with Crippen LogP contribution >= 0.6 is 11.3 Å². The van der Waals surface area contributed by atoms with E-state index in [0.717, 1.165) is 16.0 Å². The number of carbonyl (C=O) groups excluding carboxylic acids is 2. The highest BCUT2D eigenvalue weighted by molar-refractivity contribution is 7.17. The van der Waals surface area contributed by atoms with E-state index in [-0.39, 0.29) is 5.91 Å². The number of rotatable bonds is 6. The third-order valence-corrected chi connectivity index (χ3v) is 5.63. The minimum absolute atomic E-state index is 0.291. The van der Waals surface area contributed by atoms with Crippen LogP contribution in [0.4, 0.5) is 5.00 Å². The molecule has 1 amide bonds. The Morgan fingerprint density at radius 1 is 1.00 bits per heavy atom. The molecular weight excluding hydrogens is 374 g/mol. The summed E-state index contributed by atoms with van der Waals surface area (Å²) in [7, 11) is 2.91. The second-order valence-corrected chi connectivity index (χ2v) is 7.30. The summed E-state index contributed by atoms with van der Waals surface area (Å²) in [6.45, 7) is 1.88. The molecule has 28 heavy (non-hydrogen) atoms. The zero-order chi connectivity index (χ0) is 20.1. The molecule has 0 aliphatic heterocycles. The van der Waals surface area contributed by atoms with E-state index in [1.54, 1.807) is 31.4 Å². The van der Waals surface area contributed by atoms with E-state index in [9.17, 15) is 9.59 Å². The minimum atomic E-state index is -0.460. The first-order valence-electron chi connectivity index (χ1n) is 8.73. The fourth-order valence-corrected chi connectivity index (χ4v) is 4.09. The number of ether oxygens (including phenoxy) is 2. The maximum absolute atomic E-state index is 12.7. The number of thiophene rings is 1. The second-order valence-electron chi connectivity index (χ2n) is 6.19. The monoisotopic (exact) mass is 395 g/mol. The molecule has 0 aliphatic carbocycles. The molecule has 3 rings (SSSR count). The van der Waals surface area contributed by atoms with Gasteiger partial charge in [0.15, 0.2) is 0 Å². The van der Waals surface area contributed by atoms with Gasteiger partial charge in [0.1, 0.15) is 10.8 Å². The molecule has 0 aliphatic rings. The Bertz CT molecular complexity index is 978. The Hall–Kier alpha value is -3.12. The van der Waals surface area contributed by atoms with Crippen LogP contribution in [-0.2, 0) is 11.2 Å². The topological polar surface area (TPSA) is 64.6 Å². The number of amides is 1. The zero-order valence-electron chi connectivity index (χ0n) is 15.9. The standard InChI is InChI=1S/C22H21NO4S/c1-14-18(13-15-7-5-4-6-8-15)28-21(19(14)22(25)27-3)23-20(24)16-9-11-17(26-2)12-10-16/h4-12H,13H2,1-3H3,(H,23,24). The Morgan fingerprint density at radius 2 is 1.68 bits per heavy atom. The molecule has 0 saturated carbocycles. The van der Waals surface area contributed by atoms with Crippen molar-refractivity contribution >= 4 is 28.2 Å². The number of esters is 1. The SMILES string of the molecule is COC(=O)c1c(NC(=O)c2ccc(OC)cc2)sc(Cc2ccccc2)c1C. The van der Waals surface area contributed by atoms with Crippen LogP contribution in [0.3, 0.4) is 0 Å². The van der Waals surface area contributed by atoms with E-state index < -0.39 is 5.97 Å². The van der Waals surface area contributed by atoms with E-state index in [4.69, 9.17) is 9.47 Å². The predicted octanol–water partition coefficient (Wildman–Crippen LogP) is 4.69. The molecule has 0 radical (unpaired) electrons. The van der Waals surface area contributed by atoms with Crippen LogP contribution in [-0.4, -0.2) is 26.1 Å². The lowest BCUT2D eigenvalue weighted by atomic mass is 10.1. The van der Waals surface area contributed by atoms with Gasteiger partial charge in [-0.3, -0.25) is 4.79 Å². The van der Waals surface area contributed by atoms with Crippen molar-refractivity contribution in [3.63, 3.8) is 0 Å². The van der Waals surface area contributed by atoms with Crippen molar-refractivity contribution < 1.29 is 19.1 Å². The highest BCUT2D eigenvalue weighted by atomic mass is 32.1. The van der Waals surface area contributed by atoms with Crippen LogP contribution in [0.25, 0.3) is 0 Å². The molecule has 0 saturated heterocycles. The van der Waals surface area contributed by atoms with Crippen molar-refractivity contribution in [3.8, 4) is 5.75 Å². The van der Waals surface area contributed by atoms with E-state index in [0.29, 0.717) is 28.3 Å². The largest absolute Gasteiger partial charge is 0.497 e. The van der Waals surface area contributed by atoms with E-state index in [2.05, 4.69) is 5.32 Å². The van der Waals surface area contributed by atoms with Crippen molar-refractivity contribution in [2.24, 2.45) is 0 Å². The van der Waals surface area contributed by atoms with Crippen molar-refractivity contribution in [3.05, 3.63) is 81.7 Å². The molecule has 144 valence electrons. The summed E-state index contributed by atoms with van der Waals surface area (Å²) in [5.74, 6) is -0.0812. The Kier molecular flexibility index (Phi) is 6.11. The van der Waals surface area contributed by atoms with Crippen molar-refractivity contribution in [1.29, 1.82) is 0 Å². The van der Waals surface area contributed by atoms with Gasteiger partial charge in [0, 0.05) is 16.9 Å². The molecule has 1 aromatic heterocycles. The number of nitrogens with one attached hydrogen (secondary N) is 1. The number of carbonyl (C=O) groups is 2. The molecule has 1 N–H and O–H groups in total. The Morgan fingerprint density at radius 3 is 2.29 bits per heavy atom. The quantitative estimate of drug-likeness (QED) is 0.615. The van der Waals surface area contributed by atoms with Gasteiger partial charge in [0.25, 0.3) is 5.91 Å². The van der Waals surface area contributed by atoms with Crippen LogP contribution in [0.2, 0.25) is 0 Å². The van der Waals surface area contributed by atoms with Gasteiger partial charge in [0.05, 0.1) is 19.8 Å². The first kappa shape index (κ1) is 19.6. The Labute approximate surface area is 167 Å². The molecule has 6 heteroatoms. The fraction of sp³-hybridized carbons (Fsp3) is 0.182. The van der Waals surface area contributed by atoms with Crippen molar-refractivity contribution in [2.45, 2.75) is 13.3 Å². The zero-order valence-corrected chi connectivity index (χ0v) is 16.8. The van der Waals surface area contributed by atoms with Gasteiger partial charge >= 0.3 is 5.97 Å². The third kappa shape index (κ3) is 4.23. The maximum atomic E-state index is 12.7. The van der Waals surface area contributed by atoms with E-state index >= 15 is 0 Å². The lowest BCUT2D eigenvalue weighted by Crippen LogP contribution is -2.14. The van der Waals surface area contributed by atoms with Gasteiger partial charge in [-0.05, 0) is 42.3 Å². The molecular formula is C22H21NO4S. The first-order valence-corrected chi connectivity index (χ1v) is 9.55. The molecule has 1 heterocycles. The summed E-state index contributed by atoms with van der Waals surface area (Å²) in [5.41, 5.74) is 2.84. The fourth-order valence-electron chi connectivity index (χ4n) is 2.86. The van der Waals surface area contributed by atoms with Gasteiger partial charge in [-0.2, -0.15) is 0 Å². The van der Waals surface area contributed by atoms with Crippen LogP contribution in [0.1, 0.15) is 36.7 Å². The molecule has 3 aromatic rings. The van der Waals surface area contributed by atoms with Gasteiger partial charge in [-0.1, -0.05) is 30.3 Å². The highest BCUT2D eigenvalue weighted by Crippen LogP contribution is 2.35. The molecule has 0 unspecified atom stereocenters. The van der Waals surface area contributed by atoms with Gasteiger partial charge in [-0.25, -0.2) is 4.79 Å². The average molecular weight is 395 g/mol. The summed E-state index contributed by atoms with van der Waals surface area (Å²) < 4.78 is 10.1. The average Bonchev–Trinajstić information content (AvgIpc) is 3.03. The number of methoxy groups -OCH3 is 2. The van der Waals surface area contributed by atoms with Crippen molar-refractivity contribution in [1.82, 2.24) is 0 Å². The van der Waals surface area contributed by atoms with Crippen LogP contribution in [0.5, 0.6) is 5.75 Å². The molecule has 2 aromatic carbocycles. The summed E-state index contributed by atoms with van der Waals surface area (Å²) in [5, 5.41) is 3.36. The smallest absolute Gasteiger partial charge is 0.341 e. The van der Waals surface area contributed by atoms with Crippen LogP contribution in [0, 0.1) is 6.92 Å². The lowest BCUT2D eigenvalue weighted by molar-refractivity contribution is 0.0601. The number of anilines is 1. The highest BCUT2D eigenvalue weighted by Gasteiger charge is 2.23. The van der Waals surface area contributed by atoms with Crippen molar-refractivity contribution in [2.75, 3.05) is 19.5 Å². The second kappa shape index (κ2) is 8.71. The lowest BCUT2D eigenvalue weighted by Gasteiger charge is -2.07. The maximum Gasteiger partial charge on any atom is 0.341 e. The van der Waals surface area contributed by atoms with E-state index in [1.807, 2.05) is 37.3 Å². The normalized spacial score (nSPS) is 10.4. The predicted molar refractivity (Wildman–Crippen MR) is 111 cm³/mol. The number of benzene rings is 2. The van der Waals surface area contributed by atoms with Gasteiger partial charge in [0.2, 0.25) is 0 Å². The number of hydrogen-bond donors (Lipinski definition) is 1. The summed E-state index contributed by atoms with van der Waals surface area (Å²) in [6, 6.07) is 16.8.